The van der Waals surface area contributed by atoms with Gasteiger partial charge in [-0.1, -0.05) is 25.5 Å². The van der Waals surface area contributed by atoms with E-state index in [2.05, 4.69) is 6.92 Å². The van der Waals surface area contributed by atoms with Crippen LogP contribution in [0.4, 0.5) is 11.4 Å². The average Bonchev–Trinajstić information content (AvgIpc) is 2.44. The van der Waals surface area contributed by atoms with E-state index < -0.39 is 8.31 Å². The molecule has 1 fully saturated rings. The van der Waals surface area contributed by atoms with Gasteiger partial charge in [-0.15, -0.1) is 0 Å². The first kappa shape index (κ1) is 14.4. The maximum Gasteiger partial charge on any atom is 0.214 e. The van der Waals surface area contributed by atoms with Crippen molar-refractivity contribution in [3.05, 3.63) is 18.2 Å². The monoisotopic (exact) mass is 293 g/mol. The number of anilines is 2. The van der Waals surface area contributed by atoms with E-state index in [9.17, 15) is 0 Å². The predicted octanol–water partition coefficient (Wildman–Crippen LogP) is 1.97. The van der Waals surface area contributed by atoms with Crippen LogP contribution in [0.15, 0.2) is 18.2 Å². The number of ether oxygens (including phenoxy) is 1. The first-order valence-corrected chi connectivity index (χ1v) is 10.5. The van der Waals surface area contributed by atoms with Gasteiger partial charge in [0.25, 0.3) is 0 Å². The highest BCUT2D eigenvalue weighted by Gasteiger charge is 2.29. The summed E-state index contributed by atoms with van der Waals surface area (Å²) in [6, 6.07) is 6.87. The Morgan fingerprint density at radius 3 is 3.00 bits per heavy atom. The van der Waals surface area contributed by atoms with Gasteiger partial charge in [-0.05, 0) is 25.0 Å². The SMILES string of the molecule is CCCC(Oc1cccc(N)c1N)[Si]1CCCO[Si]1. The molecule has 1 aliphatic heterocycles. The second kappa shape index (κ2) is 6.97. The Balaban J connectivity index is 2.08. The summed E-state index contributed by atoms with van der Waals surface area (Å²) in [5, 5.41) is 0. The minimum Gasteiger partial charge on any atom is -0.492 e. The van der Waals surface area contributed by atoms with Crippen LogP contribution in [0.1, 0.15) is 26.2 Å². The molecular weight excluding hydrogens is 272 g/mol. The van der Waals surface area contributed by atoms with Crippen molar-refractivity contribution in [3.8, 4) is 5.75 Å². The van der Waals surface area contributed by atoms with Crippen molar-refractivity contribution in [3.63, 3.8) is 0 Å². The smallest absolute Gasteiger partial charge is 0.214 e. The first-order chi connectivity index (χ1) is 9.22. The Morgan fingerprint density at radius 1 is 1.47 bits per heavy atom. The number of rotatable bonds is 5. The van der Waals surface area contributed by atoms with Crippen molar-refractivity contribution in [1.82, 2.24) is 0 Å². The lowest BCUT2D eigenvalue weighted by atomic mass is 10.2. The molecule has 103 valence electrons. The number of para-hydroxylation sites is 1. The summed E-state index contributed by atoms with van der Waals surface area (Å²) in [6.45, 7) is 3.10. The normalized spacial score (nSPS) is 18.2. The number of hydrogen-bond acceptors (Lipinski definition) is 4. The van der Waals surface area contributed by atoms with Crippen LogP contribution in [0, 0.1) is 0 Å². The molecule has 0 aliphatic carbocycles. The highest BCUT2D eigenvalue weighted by atomic mass is 29.2. The third-order valence-corrected chi connectivity index (χ3v) is 8.83. The first-order valence-electron chi connectivity index (χ1n) is 6.76. The van der Waals surface area contributed by atoms with E-state index in [-0.39, 0.29) is 5.73 Å². The summed E-state index contributed by atoms with van der Waals surface area (Å²) in [5.74, 6) is 0.728. The standard InChI is InChI=1S/C13H21N2O2Si2/c1-2-5-12(19-9-4-8-16-18-19)17-11-7-3-6-10(14)13(11)15/h3,6-7,12H,2,4-5,8-9,14-15H2,1H3. The lowest BCUT2D eigenvalue weighted by Crippen LogP contribution is -2.44. The summed E-state index contributed by atoms with van der Waals surface area (Å²) in [4.78, 5) is 0. The van der Waals surface area contributed by atoms with Crippen molar-refractivity contribution in [2.45, 2.75) is 38.0 Å². The number of hydrogen-bond donors (Lipinski definition) is 2. The van der Waals surface area contributed by atoms with Gasteiger partial charge < -0.3 is 20.6 Å². The van der Waals surface area contributed by atoms with Crippen LogP contribution < -0.4 is 16.2 Å². The van der Waals surface area contributed by atoms with Gasteiger partial charge in [0.2, 0.25) is 9.28 Å². The largest absolute Gasteiger partial charge is 0.492 e. The van der Waals surface area contributed by atoms with Gasteiger partial charge in [-0.25, -0.2) is 0 Å². The molecule has 0 saturated carbocycles. The van der Waals surface area contributed by atoms with Gasteiger partial charge >= 0.3 is 0 Å². The number of nitrogens with two attached hydrogens (primary N) is 2. The Bertz CT molecular complexity index is 412. The molecule has 1 atom stereocenters. The Labute approximate surface area is 118 Å². The summed E-state index contributed by atoms with van der Waals surface area (Å²) in [5.41, 5.74) is 13.2. The molecule has 6 heteroatoms. The zero-order valence-corrected chi connectivity index (χ0v) is 13.3. The lowest BCUT2D eigenvalue weighted by Gasteiger charge is -2.28. The molecule has 1 aliphatic rings. The molecule has 0 bridgehead atoms. The van der Waals surface area contributed by atoms with Crippen LogP contribution in [0.2, 0.25) is 6.04 Å². The minimum absolute atomic E-state index is 0.276. The predicted molar refractivity (Wildman–Crippen MR) is 81.5 cm³/mol. The second-order valence-electron chi connectivity index (χ2n) is 4.73. The second-order valence-corrected chi connectivity index (χ2v) is 9.96. The molecule has 0 aromatic heterocycles. The Hall–Kier alpha value is -0.986. The van der Waals surface area contributed by atoms with Crippen molar-refractivity contribution in [1.29, 1.82) is 0 Å². The van der Waals surface area contributed by atoms with Crippen LogP contribution in [0.3, 0.4) is 0 Å². The molecule has 1 unspecified atom stereocenters. The number of benzene rings is 1. The zero-order chi connectivity index (χ0) is 13.7. The van der Waals surface area contributed by atoms with Crippen molar-refractivity contribution >= 4 is 29.0 Å². The molecule has 1 saturated heterocycles. The molecule has 1 aromatic rings. The van der Waals surface area contributed by atoms with E-state index in [0.29, 0.717) is 20.7 Å². The average molecular weight is 293 g/mol. The van der Waals surface area contributed by atoms with E-state index in [0.717, 1.165) is 31.6 Å². The Kier molecular flexibility index (Phi) is 5.29. The van der Waals surface area contributed by atoms with E-state index in [1.807, 2.05) is 12.1 Å². The third-order valence-electron chi connectivity index (χ3n) is 3.20. The molecule has 0 amide bonds. The maximum atomic E-state index is 6.17. The summed E-state index contributed by atoms with van der Waals surface area (Å²) in [6.07, 6.45) is 3.35. The van der Waals surface area contributed by atoms with Gasteiger partial charge in [0, 0.05) is 6.61 Å². The van der Waals surface area contributed by atoms with Crippen LogP contribution >= 0.6 is 0 Å². The Morgan fingerprint density at radius 2 is 2.32 bits per heavy atom. The third kappa shape index (κ3) is 3.74. The molecular formula is C13H21N2O2Si2. The lowest BCUT2D eigenvalue weighted by molar-refractivity contribution is 0.257. The molecule has 2 rings (SSSR count). The topological polar surface area (TPSA) is 70.5 Å². The van der Waals surface area contributed by atoms with E-state index >= 15 is 0 Å². The van der Waals surface area contributed by atoms with Crippen LogP contribution in [0.5, 0.6) is 5.75 Å². The quantitative estimate of drug-likeness (QED) is 0.643. The van der Waals surface area contributed by atoms with Gasteiger partial charge in [-0.3, -0.25) is 0 Å². The molecule has 19 heavy (non-hydrogen) atoms. The fourth-order valence-electron chi connectivity index (χ4n) is 2.14. The van der Waals surface area contributed by atoms with E-state index in [1.165, 1.54) is 6.04 Å². The maximum absolute atomic E-state index is 6.17. The van der Waals surface area contributed by atoms with Crippen LogP contribution in [-0.2, 0) is 4.43 Å². The fourth-order valence-corrected chi connectivity index (χ4v) is 7.26. The summed E-state index contributed by atoms with van der Waals surface area (Å²) in [7, 11) is 0.0447. The van der Waals surface area contributed by atoms with Gasteiger partial charge in [0.15, 0.2) is 0 Å². The molecule has 4 nitrogen and oxygen atoms in total. The van der Waals surface area contributed by atoms with Gasteiger partial charge in [0.05, 0.1) is 17.1 Å². The van der Waals surface area contributed by atoms with E-state index in [1.54, 1.807) is 6.07 Å². The van der Waals surface area contributed by atoms with Gasteiger partial charge in [-0.2, -0.15) is 0 Å². The van der Waals surface area contributed by atoms with Crippen LogP contribution in [-0.4, -0.2) is 29.9 Å². The fraction of sp³-hybridized carbons (Fsp3) is 0.538. The highest BCUT2D eigenvalue weighted by Crippen LogP contribution is 2.29. The van der Waals surface area contributed by atoms with Crippen LogP contribution in [0.25, 0.3) is 0 Å². The molecule has 4 N–H and O–H groups in total. The zero-order valence-electron chi connectivity index (χ0n) is 11.3. The minimum atomic E-state index is -0.589. The highest BCUT2D eigenvalue weighted by molar-refractivity contribution is 7.10. The van der Waals surface area contributed by atoms with E-state index in [4.69, 9.17) is 20.6 Å². The molecule has 0 spiro atoms. The summed E-state index contributed by atoms with van der Waals surface area (Å²) < 4.78 is 11.8. The van der Waals surface area contributed by atoms with Gasteiger partial charge in [0.1, 0.15) is 14.1 Å². The molecule has 1 heterocycles. The van der Waals surface area contributed by atoms with Crippen molar-refractivity contribution in [2.24, 2.45) is 0 Å². The molecule has 3 radical (unpaired) electrons. The summed E-state index contributed by atoms with van der Waals surface area (Å²) >= 11 is 0. The van der Waals surface area contributed by atoms with Crippen molar-refractivity contribution < 1.29 is 9.16 Å². The van der Waals surface area contributed by atoms with Crippen molar-refractivity contribution in [2.75, 3.05) is 18.1 Å². The molecule has 1 aromatic carbocycles. The number of nitrogen functional groups attached to an aromatic ring is 2.